The standard InChI is InChI=1S/C24H15N3O2S/c28-21-19(24-25-16-11-5-7-13-18(16)30-24)22-26-23(29)15-10-4-6-12-17(15)27(22)20(21)14-8-2-1-3-9-14/h1-13,28H,(H,26,29). The summed E-state index contributed by atoms with van der Waals surface area (Å²) in [6.45, 7) is 0. The minimum atomic E-state index is -0.197. The molecule has 3 aromatic carbocycles. The van der Waals surface area contributed by atoms with Crippen LogP contribution in [0.2, 0.25) is 0 Å². The van der Waals surface area contributed by atoms with Crippen LogP contribution in [0.1, 0.15) is 0 Å². The van der Waals surface area contributed by atoms with Crippen molar-refractivity contribution in [1.82, 2.24) is 14.4 Å². The minimum absolute atomic E-state index is 0.104. The predicted molar refractivity (Wildman–Crippen MR) is 121 cm³/mol. The van der Waals surface area contributed by atoms with E-state index in [9.17, 15) is 9.90 Å². The normalized spacial score (nSPS) is 11.6. The van der Waals surface area contributed by atoms with Crippen molar-refractivity contribution in [3.8, 4) is 27.6 Å². The average molecular weight is 409 g/mol. The fraction of sp³-hybridized carbons (Fsp3) is 0. The van der Waals surface area contributed by atoms with E-state index in [0.717, 1.165) is 21.3 Å². The molecule has 3 aromatic heterocycles. The van der Waals surface area contributed by atoms with Crippen LogP contribution in [0.5, 0.6) is 5.75 Å². The van der Waals surface area contributed by atoms with Crippen LogP contribution >= 0.6 is 11.3 Å². The van der Waals surface area contributed by atoms with E-state index in [4.69, 9.17) is 4.98 Å². The molecule has 0 bridgehead atoms. The van der Waals surface area contributed by atoms with Crippen molar-refractivity contribution in [1.29, 1.82) is 0 Å². The summed E-state index contributed by atoms with van der Waals surface area (Å²) >= 11 is 1.49. The molecule has 0 aliphatic heterocycles. The van der Waals surface area contributed by atoms with E-state index in [1.807, 2.05) is 77.2 Å². The van der Waals surface area contributed by atoms with Crippen LogP contribution in [-0.4, -0.2) is 19.5 Å². The van der Waals surface area contributed by atoms with Gasteiger partial charge in [-0.1, -0.05) is 54.6 Å². The summed E-state index contributed by atoms with van der Waals surface area (Å²) in [5, 5.41) is 12.6. The number of hydrogen-bond donors (Lipinski definition) is 2. The quantitative estimate of drug-likeness (QED) is 0.401. The number of hydrogen-bond acceptors (Lipinski definition) is 4. The molecule has 30 heavy (non-hydrogen) atoms. The lowest BCUT2D eigenvalue weighted by molar-refractivity contribution is 0.480. The number of aromatic hydroxyl groups is 1. The Bertz CT molecular complexity index is 1590. The Morgan fingerprint density at radius 3 is 2.47 bits per heavy atom. The lowest BCUT2D eigenvalue weighted by atomic mass is 10.1. The van der Waals surface area contributed by atoms with Gasteiger partial charge in [0.1, 0.15) is 10.7 Å². The molecule has 0 spiro atoms. The van der Waals surface area contributed by atoms with Crippen molar-refractivity contribution in [2.75, 3.05) is 0 Å². The summed E-state index contributed by atoms with van der Waals surface area (Å²) in [7, 11) is 0. The molecule has 5 nitrogen and oxygen atoms in total. The fourth-order valence-corrected chi connectivity index (χ4v) is 5.01. The van der Waals surface area contributed by atoms with Gasteiger partial charge in [0.25, 0.3) is 5.56 Å². The SMILES string of the molecule is O=c1[nH]c2c(-c3nc4ccccc4s3)c(O)c(-c3ccccc3)n2c2ccccc12. The third-order valence-electron chi connectivity index (χ3n) is 5.32. The van der Waals surface area contributed by atoms with E-state index >= 15 is 0 Å². The van der Waals surface area contributed by atoms with Gasteiger partial charge >= 0.3 is 0 Å². The van der Waals surface area contributed by atoms with Gasteiger partial charge in [0, 0.05) is 5.56 Å². The Morgan fingerprint density at radius 2 is 1.63 bits per heavy atom. The number of aromatic amines is 1. The number of thiazole rings is 1. The van der Waals surface area contributed by atoms with Gasteiger partial charge in [-0.15, -0.1) is 11.3 Å². The van der Waals surface area contributed by atoms with Crippen LogP contribution in [0.3, 0.4) is 0 Å². The first-order valence-corrected chi connectivity index (χ1v) is 10.3. The van der Waals surface area contributed by atoms with Gasteiger partial charge in [-0.3, -0.25) is 9.20 Å². The Kier molecular flexibility index (Phi) is 3.57. The lowest BCUT2D eigenvalue weighted by Gasteiger charge is -2.07. The second-order valence-corrected chi connectivity index (χ2v) is 8.11. The van der Waals surface area contributed by atoms with Crippen molar-refractivity contribution in [3.63, 3.8) is 0 Å². The highest BCUT2D eigenvalue weighted by molar-refractivity contribution is 7.21. The molecule has 0 amide bonds. The Morgan fingerprint density at radius 1 is 0.900 bits per heavy atom. The van der Waals surface area contributed by atoms with Crippen molar-refractivity contribution < 1.29 is 5.11 Å². The van der Waals surface area contributed by atoms with E-state index in [1.54, 1.807) is 6.07 Å². The highest BCUT2D eigenvalue weighted by Crippen LogP contribution is 2.45. The van der Waals surface area contributed by atoms with E-state index in [2.05, 4.69) is 4.98 Å². The zero-order valence-electron chi connectivity index (χ0n) is 15.7. The van der Waals surface area contributed by atoms with Crippen LogP contribution in [-0.2, 0) is 0 Å². The molecule has 2 N–H and O–H groups in total. The molecule has 6 heteroatoms. The first-order chi connectivity index (χ1) is 14.7. The maximum atomic E-state index is 12.8. The predicted octanol–water partition coefficient (Wildman–Crippen LogP) is 5.43. The second-order valence-electron chi connectivity index (χ2n) is 7.08. The molecule has 0 saturated carbocycles. The highest BCUT2D eigenvalue weighted by Gasteiger charge is 2.25. The lowest BCUT2D eigenvalue weighted by Crippen LogP contribution is -2.10. The van der Waals surface area contributed by atoms with Crippen molar-refractivity contribution >= 4 is 38.1 Å². The first-order valence-electron chi connectivity index (χ1n) is 9.52. The molecule has 6 aromatic rings. The van der Waals surface area contributed by atoms with Crippen LogP contribution in [0, 0.1) is 0 Å². The molecule has 0 fully saturated rings. The Hall–Kier alpha value is -3.90. The number of nitrogens with one attached hydrogen (secondary N) is 1. The van der Waals surface area contributed by atoms with Crippen molar-refractivity contribution in [3.05, 3.63) is 89.2 Å². The smallest absolute Gasteiger partial charge is 0.258 e. The zero-order valence-corrected chi connectivity index (χ0v) is 16.5. The van der Waals surface area contributed by atoms with Gasteiger partial charge in [-0.2, -0.15) is 0 Å². The van der Waals surface area contributed by atoms with Gasteiger partial charge in [0.05, 0.1) is 32.4 Å². The van der Waals surface area contributed by atoms with E-state index in [-0.39, 0.29) is 11.3 Å². The number of nitrogens with zero attached hydrogens (tertiary/aromatic N) is 2. The fourth-order valence-electron chi connectivity index (χ4n) is 4.00. The minimum Gasteiger partial charge on any atom is -0.505 e. The zero-order chi connectivity index (χ0) is 20.2. The number of H-pyrrole nitrogens is 1. The average Bonchev–Trinajstić information content (AvgIpc) is 3.32. The summed E-state index contributed by atoms with van der Waals surface area (Å²) in [4.78, 5) is 20.6. The van der Waals surface area contributed by atoms with Gasteiger partial charge < -0.3 is 10.1 Å². The van der Waals surface area contributed by atoms with Gasteiger partial charge in [-0.05, 0) is 24.3 Å². The van der Waals surface area contributed by atoms with Crippen LogP contribution in [0.15, 0.2) is 83.7 Å². The van der Waals surface area contributed by atoms with Crippen molar-refractivity contribution in [2.45, 2.75) is 0 Å². The Balaban J connectivity index is 1.82. The molecule has 0 atom stereocenters. The summed E-state index contributed by atoms with van der Waals surface area (Å²) in [6.07, 6.45) is 0. The maximum absolute atomic E-state index is 12.8. The van der Waals surface area contributed by atoms with E-state index in [0.29, 0.717) is 27.3 Å². The molecule has 0 unspecified atom stereocenters. The van der Waals surface area contributed by atoms with Crippen molar-refractivity contribution in [2.24, 2.45) is 0 Å². The van der Waals surface area contributed by atoms with Gasteiger partial charge in [0.2, 0.25) is 0 Å². The summed E-state index contributed by atoms with van der Waals surface area (Å²) in [6, 6.07) is 25.0. The summed E-state index contributed by atoms with van der Waals surface area (Å²) < 4.78 is 2.94. The van der Waals surface area contributed by atoms with E-state index < -0.39 is 0 Å². The number of fused-ring (bicyclic) bond motifs is 4. The number of benzene rings is 3. The van der Waals surface area contributed by atoms with E-state index in [1.165, 1.54) is 11.3 Å². The molecule has 0 saturated heterocycles. The molecule has 144 valence electrons. The number of aromatic nitrogens is 3. The summed E-state index contributed by atoms with van der Waals surface area (Å²) in [5.41, 5.74) is 3.96. The van der Waals surface area contributed by atoms with Crippen LogP contribution in [0.4, 0.5) is 0 Å². The molecule has 0 aliphatic rings. The Labute approximate surface area is 174 Å². The molecule has 0 aliphatic carbocycles. The van der Waals surface area contributed by atoms with Crippen LogP contribution < -0.4 is 5.56 Å². The first kappa shape index (κ1) is 17.0. The summed E-state index contributed by atoms with van der Waals surface area (Å²) in [5.74, 6) is 0.104. The molecular formula is C24H15N3O2S. The topological polar surface area (TPSA) is 70.4 Å². The number of rotatable bonds is 2. The molecule has 3 heterocycles. The molecule has 6 rings (SSSR count). The molecular weight excluding hydrogens is 394 g/mol. The molecule has 0 radical (unpaired) electrons. The van der Waals surface area contributed by atoms with Crippen LogP contribution in [0.25, 0.3) is 48.6 Å². The third kappa shape index (κ3) is 2.34. The highest BCUT2D eigenvalue weighted by atomic mass is 32.1. The maximum Gasteiger partial charge on any atom is 0.258 e. The largest absolute Gasteiger partial charge is 0.505 e. The third-order valence-corrected chi connectivity index (χ3v) is 6.38. The monoisotopic (exact) mass is 409 g/mol. The van der Waals surface area contributed by atoms with Gasteiger partial charge in [0.15, 0.2) is 5.75 Å². The number of para-hydroxylation sites is 2. The second kappa shape index (κ2) is 6.30. The van der Waals surface area contributed by atoms with Gasteiger partial charge in [-0.25, -0.2) is 4.98 Å².